The van der Waals surface area contributed by atoms with E-state index in [0.717, 1.165) is 5.82 Å². The maximum absolute atomic E-state index is 10.0. The van der Waals surface area contributed by atoms with Crippen molar-refractivity contribution in [2.45, 2.75) is 27.7 Å². The van der Waals surface area contributed by atoms with Gasteiger partial charge in [0.05, 0.1) is 5.76 Å². The van der Waals surface area contributed by atoms with E-state index in [1.165, 1.54) is 36.5 Å². The van der Waals surface area contributed by atoms with Gasteiger partial charge in [-0.15, -0.1) is 24.4 Å². The average Bonchev–Trinajstić information content (AvgIpc) is 2.62. The van der Waals surface area contributed by atoms with Crippen molar-refractivity contribution in [3.8, 4) is 0 Å². The molecule has 2 aromatic rings. The van der Waals surface area contributed by atoms with Crippen LogP contribution in [0.5, 0.6) is 0 Å². The monoisotopic (exact) mass is 552 g/mol. The summed E-state index contributed by atoms with van der Waals surface area (Å²) in [6.45, 7) is 7.46. The van der Waals surface area contributed by atoms with Gasteiger partial charge in [0.15, 0.2) is 5.78 Å². The molecule has 1 aromatic carbocycles. The fourth-order valence-electron chi connectivity index (χ4n) is 2.90. The molecule has 6 heteroatoms. The molecule has 0 amide bonds. The van der Waals surface area contributed by atoms with E-state index in [2.05, 4.69) is 55.2 Å². The predicted molar refractivity (Wildman–Crippen MR) is 112 cm³/mol. The van der Waals surface area contributed by atoms with E-state index in [4.69, 9.17) is 5.11 Å². The smallest absolute Gasteiger partial charge is 0.204 e. The first-order chi connectivity index (χ1) is 12.9. The molecule has 0 saturated carbocycles. The number of aliphatic hydroxyl groups is 1. The van der Waals surface area contributed by atoms with Crippen LogP contribution < -0.4 is 10.4 Å². The summed E-state index contributed by atoms with van der Waals surface area (Å²) in [7, 11) is 0. The number of ketones is 1. The SMILES string of the molecule is CC(=O)/C=C(/C)O.Cc1cccc(C)c1B1C=[C-]N(c2ccccn2)C=C1.[Ir]. The summed E-state index contributed by atoms with van der Waals surface area (Å²) in [6.07, 6.45) is 8.30. The van der Waals surface area contributed by atoms with Gasteiger partial charge in [0.25, 0.3) is 0 Å². The van der Waals surface area contributed by atoms with Crippen LogP contribution in [0.3, 0.4) is 0 Å². The minimum Gasteiger partial charge on any atom is -0.512 e. The van der Waals surface area contributed by atoms with E-state index in [1.54, 1.807) is 6.20 Å². The van der Waals surface area contributed by atoms with Crippen molar-refractivity contribution >= 4 is 23.8 Å². The molecule has 3 rings (SSSR count). The minimum atomic E-state index is -0.125. The van der Waals surface area contributed by atoms with E-state index in [1.807, 2.05) is 29.3 Å². The van der Waals surface area contributed by atoms with Crippen molar-refractivity contribution in [2.75, 3.05) is 4.90 Å². The molecule has 28 heavy (non-hydrogen) atoms. The standard InChI is InChI=1S/C17H16BN2.C5H8O2.Ir/c1-14-6-5-7-15(2)17(14)18-9-12-20(13-10-18)16-8-3-4-11-19-16;1-4(6)3-5(2)7;/h3-12H,1-2H3;3,6H,1-2H3;/q-1;;/b;4-3-;. The van der Waals surface area contributed by atoms with Crippen LogP contribution in [0.1, 0.15) is 25.0 Å². The molecule has 147 valence electrons. The van der Waals surface area contributed by atoms with Gasteiger partial charge in [-0.2, -0.15) is 0 Å². The third-order valence-corrected chi connectivity index (χ3v) is 4.02. The van der Waals surface area contributed by atoms with Crippen LogP contribution in [-0.4, -0.2) is 22.6 Å². The Labute approximate surface area is 181 Å². The summed E-state index contributed by atoms with van der Waals surface area (Å²) in [6, 6.07) is 12.3. The topological polar surface area (TPSA) is 53.4 Å². The van der Waals surface area contributed by atoms with E-state index in [0.29, 0.717) is 0 Å². The van der Waals surface area contributed by atoms with Gasteiger partial charge < -0.3 is 15.0 Å². The Bertz CT molecular complexity index is 841. The number of aliphatic hydroxyl groups excluding tert-OH is 1. The number of allylic oxidation sites excluding steroid dienone is 2. The third kappa shape index (κ3) is 6.95. The molecule has 1 aliphatic heterocycles. The summed E-state index contributed by atoms with van der Waals surface area (Å²) >= 11 is 0. The Kier molecular flexibility index (Phi) is 9.64. The van der Waals surface area contributed by atoms with E-state index >= 15 is 0 Å². The van der Waals surface area contributed by atoms with Gasteiger partial charge in [-0.25, -0.2) is 0 Å². The number of hydrogen-bond acceptors (Lipinski definition) is 4. The van der Waals surface area contributed by atoms with Crippen molar-refractivity contribution < 1.29 is 30.0 Å². The van der Waals surface area contributed by atoms with Gasteiger partial charge in [-0.1, -0.05) is 46.9 Å². The van der Waals surface area contributed by atoms with E-state index < -0.39 is 0 Å². The average molecular weight is 551 g/mol. The predicted octanol–water partition coefficient (Wildman–Crippen LogP) is 3.86. The first-order valence-corrected chi connectivity index (χ1v) is 8.80. The molecular formula is C22H24BIrN2O2-. The number of hydrogen-bond donors (Lipinski definition) is 1. The summed E-state index contributed by atoms with van der Waals surface area (Å²) in [5.41, 5.74) is 4.02. The number of benzene rings is 1. The summed E-state index contributed by atoms with van der Waals surface area (Å²) in [5.74, 6) is 5.12. The second-order valence-electron chi connectivity index (χ2n) is 6.42. The molecule has 0 bridgehead atoms. The second-order valence-corrected chi connectivity index (χ2v) is 6.42. The molecule has 0 spiro atoms. The molecule has 0 atom stereocenters. The molecule has 1 radical (unpaired) electrons. The number of carbonyl (C=O) groups excluding carboxylic acids is 1. The fourth-order valence-corrected chi connectivity index (χ4v) is 2.90. The van der Waals surface area contributed by atoms with Crippen molar-refractivity contribution in [1.29, 1.82) is 0 Å². The zero-order valence-electron chi connectivity index (χ0n) is 16.5. The maximum Gasteiger partial charge on any atom is 0.204 e. The van der Waals surface area contributed by atoms with Gasteiger partial charge in [0.1, 0.15) is 0 Å². The maximum atomic E-state index is 10.0. The van der Waals surface area contributed by atoms with Crippen molar-refractivity contribution in [3.05, 3.63) is 89.9 Å². The quantitative estimate of drug-likeness (QED) is 0.273. The van der Waals surface area contributed by atoms with Gasteiger partial charge in [-0.3, -0.25) is 4.79 Å². The van der Waals surface area contributed by atoms with E-state index in [9.17, 15) is 4.79 Å². The molecule has 1 N–H and O–H groups in total. The normalized spacial score (nSPS) is 12.8. The van der Waals surface area contributed by atoms with Crippen molar-refractivity contribution in [1.82, 2.24) is 4.98 Å². The van der Waals surface area contributed by atoms with Crippen LogP contribution in [0.4, 0.5) is 5.82 Å². The zero-order chi connectivity index (χ0) is 19.8. The first-order valence-electron chi connectivity index (χ1n) is 8.80. The number of rotatable bonds is 3. The second kappa shape index (κ2) is 11.4. The molecule has 0 unspecified atom stereocenters. The Hall–Kier alpha value is -2.43. The Morgan fingerprint density at radius 3 is 2.25 bits per heavy atom. The van der Waals surface area contributed by atoms with Crippen LogP contribution in [0.15, 0.2) is 72.6 Å². The largest absolute Gasteiger partial charge is 0.512 e. The number of anilines is 1. The molecule has 0 aliphatic carbocycles. The van der Waals surface area contributed by atoms with Crippen LogP contribution in [0.2, 0.25) is 0 Å². The number of aryl methyl sites for hydroxylation is 2. The molecule has 0 fully saturated rings. The van der Waals surface area contributed by atoms with Crippen molar-refractivity contribution in [3.63, 3.8) is 0 Å². The van der Waals surface area contributed by atoms with Crippen LogP contribution in [-0.2, 0) is 24.9 Å². The Balaban J connectivity index is 0.000000425. The molecule has 1 aliphatic rings. The summed E-state index contributed by atoms with van der Waals surface area (Å²) < 4.78 is 0. The van der Waals surface area contributed by atoms with Gasteiger partial charge in [0.2, 0.25) is 6.71 Å². The van der Waals surface area contributed by atoms with Crippen LogP contribution in [0, 0.1) is 20.0 Å². The molecule has 0 saturated heterocycles. The van der Waals surface area contributed by atoms with Crippen LogP contribution >= 0.6 is 0 Å². The van der Waals surface area contributed by atoms with Gasteiger partial charge >= 0.3 is 0 Å². The molecule has 1 aromatic heterocycles. The van der Waals surface area contributed by atoms with Crippen molar-refractivity contribution in [2.24, 2.45) is 0 Å². The minimum absolute atomic E-state index is 0. The van der Waals surface area contributed by atoms with Crippen LogP contribution in [0.25, 0.3) is 0 Å². The third-order valence-electron chi connectivity index (χ3n) is 4.02. The summed E-state index contributed by atoms with van der Waals surface area (Å²) in [5, 5.41) is 8.36. The summed E-state index contributed by atoms with van der Waals surface area (Å²) in [4.78, 5) is 16.3. The number of aromatic nitrogens is 1. The Morgan fingerprint density at radius 1 is 1.14 bits per heavy atom. The molecular weight excluding hydrogens is 527 g/mol. The fraction of sp³-hybridized carbons (Fsp3) is 0.182. The molecule has 2 heterocycles. The van der Waals surface area contributed by atoms with E-state index in [-0.39, 0.29) is 38.4 Å². The first kappa shape index (κ1) is 23.6. The number of pyridine rings is 1. The Morgan fingerprint density at radius 2 is 1.82 bits per heavy atom. The number of nitrogens with zero attached hydrogens (tertiary/aromatic N) is 2. The zero-order valence-corrected chi connectivity index (χ0v) is 18.9. The molecule has 4 nitrogen and oxygen atoms in total. The van der Waals surface area contributed by atoms with Gasteiger partial charge in [0, 0.05) is 38.2 Å². The number of carbonyl (C=O) groups is 1. The van der Waals surface area contributed by atoms with Gasteiger partial charge in [-0.05, 0) is 33.8 Å².